The van der Waals surface area contributed by atoms with Crippen LogP contribution in [0, 0.1) is 0 Å². The van der Waals surface area contributed by atoms with Gasteiger partial charge in [0.1, 0.15) is 6.10 Å². The Morgan fingerprint density at radius 2 is 1.93 bits per heavy atom. The SMILES string of the molecule is O=C(NCCNc1cc(N2CCCC2)cnn1)c1ccc(OC2CCCC2)nc1. The molecule has 1 saturated carbocycles. The maximum Gasteiger partial charge on any atom is 0.252 e. The Bertz CT molecular complexity index is 801. The van der Waals surface area contributed by atoms with Crippen LogP contribution in [0.25, 0.3) is 0 Å². The Hall–Kier alpha value is -2.90. The molecule has 0 unspecified atom stereocenters. The molecular formula is C21H28N6O2. The molecule has 2 N–H and O–H groups in total. The molecule has 1 amide bonds. The molecule has 2 fully saturated rings. The summed E-state index contributed by atoms with van der Waals surface area (Å²) in [6, 6.07) is 5.53. The second kappa shape index (κ2) is 9.54. The van der Waals surface area contributed by atoms with Crippen LogP contribution in [0.15, 0.2) is 30.6 Å². The predicted molar refractivity (Wildman–Crippen MR) is 111 cm³/mol. The van der Waals surface area contributed by atoms with Crippen molar-refractivity contribution < 1.29 is 9.53 Å². The van der Waals surface area contributed by atoms with Crippen molar-refractivity contribution in [2.75, 3.05) is 36.4 Å². The van der Waals surface area contributed by atoms with Crippen molar-refractivity contribution in [1.29, 1.82) is 0 Å². The van der Waals surface area contributed by atoms with E-state index < -0.39 is 0 Å². The average molecular weight is 396 g/mol. The van der Waals surface area contributed by atoms with Gasteiger partial charge in [-0.1, -0.05) is 0 Å². The van der Waals surface area contributed by atoms with E-state index in [0.717, 1.165) is 37.4 Å². The van der Waals surface area contributed by atoms with Gasteiger partial charge in [0.05, 0.1) is 17.4 Å². The number of nitrogens with one attached hydrogen (secondary N) is 2. The molecule has 1 aliphatic carbocycles. The van der Waals surface area contributed by atoms with E-state index in [-0.39, 0.29) is 12.0 Å². The third-order valence-electron chi connectivity index (χ3n) is 5.42. The number of anilines is 2. The fraction of sp³-hybridized carbons (Fsp3) is 0.524. The lowest BCUT2D eigenvalue weighted by Gasteiger charge is -2.17. The summed E-state index contributed by atoms with van der Waals surface area (Å²) < 4.78 is 5.83. The smallest absolute Gasteiger partial charge is 0.252 e. The Balaban J connectivity index is 1.20. The summed E-state index contributed by atoms with van der Waals surface area (Å²) >= 11 is 0. The van der Waals surface area contributed by atoms with Gasteiger partial charge in [0, 0.05) is 44.5 Å². The predicted octanol–water partition coefficient (Wildman–Crippen LogP) is 2.64. The van der Waals surface area contributed by atoms with E-state index in [0.29, 0.717) is 24.5 Å². The van der Waals surface area contributed by atoms with Crippen molar-refractivity contribution in [3.05, 3.63) is 36.2 Å². The minimum Gasteiger partial charge on any atom is -0.474 e. The zero-order chi connectivity index (χ0) is 19.9. The molecule has 154 valence electrons. The van der Waals surface area contributed by atoms with E-state index in [1.54, 1.807) is 24.5 Å². The van der Waals surface area contributed by atoms with Crippen molar-refractivity contribution in [3.8, 4) is 5.88 Å². The highest BCUT2D eigenvalue weighted by Crippen LogP contribution is 2.23. The van der Waals surface area contributed by atoms with E-state index >= 15 is 0 Å². The number of rotatable bonds is 8. The molecule has 8 nitrogen and oxygen atoms in total. The topological polar surface area (TPSA) is 92.3 Å². The van der Waals surface area contributed by atoms with Gasteiger partial charge >= 0.3 is 0 Å². The molecule has 0 atom stereocenters. The average Bonchev–Trinajstić information content (AvgIpc) is 3.46. The maximum atomic E-state index is 12.3. The Labute approximate surface area is 171 Å². The second-order valence-corrected chi connectivity index (χ2v) is 7.59. The lowest BCUT2D eigenvalue weighted by molar-refractivity contribution is 0.0954. The van der Waals surface area contributed by atoms with Crippen molar-refractivity contribution in [2.45, 2.75) is 44.6 Å². The van der Waals surface area contributed by atoms with Gasteiger partial charge in [0.25, 0.3) is 5.91 Å². The number of ether oxygens (including phenoxy) is 1. The quantitative estimate of drug-likeness (QED) is 0.663. The molecule has 2 aromatic heterocycles. The molecule has 0 aromatic carbocycles. The number of aromatic nitrogens is 3. The van der Waals surface area contributed by atoms with Crippen LogP contribution >= 0.6 is 0 Å². The van der Waals surface area contributed by atoms with Crippen molar-refractivity contribution in [3.63, 3.8) is 0 Å². The van der Waals surface area contributed by atoms with Crippen LogP contribution in [-0.4, -0.2) is 53.4 Å². The van der Waals surface area contributed by atoms with Crippen LogP contribution in [0.3, 0.4) is 0 Å². The fourth-order valence-corrected chi connectivity index (χ4v) is 3.82. The number of nitrogens with zero attached hydrogens (tertiary/aromatic N) is 4. The van der Waals surface area contributed by atoms with Crippen LogP contribution in [0.5, 0.6) is 5.88 Å². The number of carbonyl (C=O) groups is 1. The third-order valence-corrected chi connectivity index (χ3v) is 5.42. The lowest BCUT2D eigenvalue weighted by Crippen LogP contribution is -2.29. The highest BCUT2D eigenvalue weighted by Gasteiger charge is 2.17. The van der Waals surface area contributed by atoms with Gasteiger partial charge in [-0.25, -0.2) is 4.98 Å². The number of hydrogen-bond acceptors (Lipinski definition) is 7. The minimum atomic E-state index is -0.149. The lowest BCUT2D eigenvalue weighted by atomic mass is 10.2. The molecule has 2 aromatic rings. The third kappa shape index (κ3) is 5.34. The van der Waals surface area contributed by atoms with Crippen LogP contribution in [-0.2, 0) is 0 Å². The molecule has 2 aliphatic rings. The van der Waals surface area contributed by atoms with Crippen LogP contribution < -0.4 is 20.3 Å². The molecule has 4 rings (SSSR count). The van der Waals surface area contributed by atoms with E-state index in [1.807, 2.05) is 6.07 Å². The van der Waals surface area contributed by atoms with E-state index in [9.17, 15) is 4.79 Å². The van der Waals surface area contributed by atoms with Crippen molar-refractivity contribution in [2.24, 2.45) is 0 Å². The van der Waals surface area contributed by atoms with Gasteiger partial charge in [0.15, 0.2) is 5.82 Å². The van der Waals surface area contributed by atoms with Gasteiger partial charge < -0.3 is 20.3 Å². The summed E-state index contributed by atoms with van der Waals surface area (Å²) in [6.45, 7) is 3.19. The van der Waals surface area contributed by atoms with Gasteiger partial charge in [-0.15, -0.1) is 5.10 Å². The molecular weight excluding hydrogens is 368 g/mol. The van der Waals surface area contributed by atoms with Gasteiger partial charge in [-0.3, -0.25) is 4.79 Å². The first-order chi connectivity index (χ1) is 14.3. The summed E-state index contributed by atoms with van der Waals surface area (Å²) in [5, 5.41) is 14.3. The number of amides is 1. The fourth-order valence-electron chi connectivity index (χ4n) is 3.82. The summed E-state index contributed by atoms with van der Waals surface area (Å²) in [5.41, 5.74) is 1.62. The molecule has 1 aliphatic heterocycles. The largest absolute Gasteiger partial charge is 0.474 e. The zero-order valence-corrected chi connectivity index (χ0v) is 16.6. The Morgan fingerprint density at radius 3 is 2.69 bits per heavy atom. The van der Waals surface area contributed by atoms with E-state index in [2.05, 4.69) is 30.7 Å². The molecule has 3 heterocycles. The second-order valence-electron chi connectivity index (χ2n) is 7.59. The molecule has 0 radical (unpaired) electrons. The van der Waals surface area contributed by atoms with E-state index in [1.165, 1.54) is 25.7 Å². The first-order valence-electron chi connectivity index (χ1n) is 10.5. The summed E-state index contributed by atoms with van der Waals surface area (Å²) in [5.74, 6) is 1.16. The van der Waals surface area contributed by atoms with Crippen LogP contribution in [0.4, 0.5) is 11.5 Å². The van der Waals surface area contributed by atoms with Gasteiger partial charge in [0.2, 0.25) is 5.88 Å². The number of pyridine rings is 1. The maximum absolute atomic E-state index is 12.3. The van der Waals surface area contributed by atoms with Crippen LogP contribution in [0.2, 0.25) is 0 Å². The molecule has 29 heavy (non-hydrogen) atoms. The normalized spacial score (nSPS) is 16.8. The molecule has 0 spiro atoms. The van der Waals surface area contributed by atoms with E-state index in [4.69, 9.17) is 4.74 Å². The highest BCUT2D eigenvalue weighted by molar-refractivity contribution is 5.93. The van der Waals surface area contributed by atoms with Crippen LogP contribution in [0.1, 0.15) is 48.9 Å². The zero-order valence-electron chi connectivity index (χ0n) is 16.6. The van der Waals surface area contributed by atoms with Crippen molar-refractivity contribution >= 4 is 17.4 Å². The van der Waals surface area contributed by atoms with Gasteiger partial charge in [-0.05, 0) is 44.6 Å². The summed E-state index contributed by atoms with van der Waals surface area (Å²) in [6.07, 6.45) is 10.7. The first kappa shape index (κ1) is 19.4. The monoisotopic (exact) mass is 396 g/mol. The summed E-state index contributed by atoms with van der Waals surface area (Å²) in [4.78, 5) is 18.9. The number of carbonyl (C=O) groups excluding carboxylic acids is 1. The van der Waals surface area contributed by atoms with Gasteiger partial charge in [-0.2, -0.15) is 5.10 Å². The Morgan fingerprint density at radius 1 is 1.10 bits per heavy atom. The molecule has 0 bridgehead atoms. The first-order valence-corrected chi connectivity index (χ1v) is 10.5. The highest BCUT2D eigenvalue weighted by atomic mass is 16.5. The standard InChI is InChI=1S/C21H28N6O2/c28-21(16-7-8-20(24-14-16)29-18-5-1-2-6-18)23-10-9-22-19-13-17(15-25-26-19)27-11-3-4-12-27/h7-8,13-15,18H,1-6,9-12H2,(H,22,26)(H,23,28). The summed E-state index contributed by atoms with van der Waals surface area (Å²) in [7, 11) is 0. The van der Waals surface area contributed by atoms with Crippen molar-refractivity contribution in [1.82, 2.24) is 20.5 Å². The Kier molecular flexibility index (Phi) is 6.38. The molecule has 8 heteroatoms. The minimum absolute atomic E-state index is 0.149. The molecule has 1 saturated heterocycles. The number of hydrogen-bond donors (Lipinski definition) is 2.